The Hall–Kier alpha value is -2.05. The van der Waals surface area contributed by atoms with E-state index in [2.05, 4.69) is 9.97 Å². The summed E-state index contributed by atoms with van der Waals surface area (Å²) in [7, 11) is 0. The number of imidazole rings is 1. The largest absolute Gasteiger partial charge is 0.401 e. The van der Waals surface area contributed by atoms with Crippen LogP contribution in [-0.4, -0.2) is 14.7 Å². The zero-order valence-corrected chi connectivity index (χ0v) is 12.8. The maximum absolute atomic E-state index is 13.6. The highest BCUT2D eigenvalue weighted by Crippen LogP contribution is 2.33. The van der Waals surface area contributed by atoms with Crippen molar-refractivity contribution in [1.82, 2.24) is 14.7 Å². The van der Waals surface area contributed by atoms with Crippen LogP contribution in [0.4, 0.5) is 4.39 Å². The lowest BCUT2D eigenvalue weighted by atomic mass is 10.1. The molecule has 1 N–H and O–H groups in total. The van der Waals surface area contributed by atoms with Crippen molar-refractivity contribution in [1.29, 1.82) is 0 Å². The van der Waals surface area contributed by atoms with Gasteiger partial charge in [0.15, 0.2) is 11.8 Å². The minimum absolute atomic E-state index is 0.133. The van der Waals surface area contributed by atoms with Crippen molar-refractivity contribution in [3.63, 3.8) is 0 Å². The Balaban J connectivity index is 2.04. The van der Waals surface area contributed by atoms with Crippen LogP contribution in [0.3, 0.4) is 0 Å². The highest BCUT2D eigenvalue weighted by atomic mass is 35.5. The predicted octanol–water partition coefficient (Wildman–Crippen LogP) is 3.36. The fourth-order valence-electron chi connectivity index (χ4n) is 2.15. The van der Waals surface area contributed by atoms with E-state index in [9.17, 15) is 9.18 Å². The fourth-order valence-corrected chi connectivity index (χ4v) is 2.83. The first-order valence-electron chi connectivity index (χ1n) is 6.35. The molecule has 3 aromatic rings. The first-order chi connectivity index (χ1) is 10.5. The molecule has 0 saturated carbocycles. The number of nitrogens with zero attached hydrogens (tertiary/aromatic N) is 2. The van der Waals surface area contributed by atoms with Crippen molar-refractivity contribution >= 4 is 34.4 Å². The molecule has 8 heteroatoms. The van der Waals surface area contributed by atoms with E-state index < -0.39 is 17.6 Å². The lowest BCUT2D eigenvalue weighted by Crippen LogP contribution is -2.26. The van der Waals surface area contributed by atoms with Gasteiger partial charge in [0.1, 0.15) is 11.3 Å². The summed E-state index contributed by atoms with van der Waals surface area (Å²) in [6.45, 7) is 1.62. The van der Waals surface area contributed by atoms with Crippen LogP contribution in [0.5, 0.6) is 0 Å². The number of halogens is 3. The normalized spacial score (nSPS) is 12.5. The van der Waals surface area contributed by atoms with Gasteiger partial charge in [-0.25, -0.2) is 14.2 Å². The van der Waals surface area contributed by atoms with Crippen LogP contribution in [0.1, 0.15) is 18.6 Å². The Kier molecular flexibility index (Phi) is 3.80. The average molecular weight is 342 g/mol. The molecule has 114 valence electrons. The number of fused-ring (bicyclic) bond motifs is 1. The molecule has 0 aliphatic carbocycles. The smallest absolute Gasteiger partial charge is 0.360 e. The molecule has 0 fully saturated rings. The SMILES string of the molecule is CC(On1c(=O)[nH]c2ncccc21)c1c(Cl)ccc(F)c1Cl. The standard InChI is InChI=1S/C14H10Cl2FN3O2/c1-7(11-8(15)4-5-9(17)12(11)16)22-20-10-3-2-6-18-13(10)19-14(20)21/h2-7H,1H3,(H,18,19,21). The molecule has 0 bridgehead atoms. The number of benzene rings is 1. The third kappa shape index (κ3) is 2.44. The maximum atomic E-state index is 13.6. The summed E-state index contributed by atoms with van der Waals surface area (Å²) in [4.78, 5) is 24.1. The Bertz CT molecular complexity index is 907. The summed E-state index contributed by atoms with van der Waals surface area (Å²) in [5.41, 5.74) is 0.622. The van der Waals surface area contributed by atoms with E-state index >= 15 is 0 Å². The molecular weight excluding hydrogens is 332 g/mol. The molecule has 1 aromatic carbocycles. The van der Waals surface area contributed by atoms with E-state index in [1.54, 1.807) is 25.3 Å². The first kappa shape index (κ1) is 14.9. The molecule has 22 heavy (non-hydrogen) atoms. The molecule has 1 unspecified atom stereocenters. The molecule has 3 rings (SSSR count). The summed E-state index contributed by atoms with van der Waals surface area (Å²) in [6, 6.07) is 5.89. The second kappa shape index (κ2) is 5.62. The topological polar surface area (TPSA) is 59.9 Å². The van der Waals surface area contributed by atoms with Gasteiger partial charge in [-0.05, 0) is 31.2 Å². The van der Waals surface area contributed by atoms with Gasteiger partial charge in [0.25, 0.3) is 0 Å². The number of hydrogen-bond donors (Lipinski definition) is 1. The van der Waals surface area contributed by atoms with E-state index in [4.69, 9.17) is 28.0 Å². The van der Waals surface area contributed by atoms with Gasteiger partial charge in [-0.3, -0.25) is 4.98 Å². The van der Waals surface area contributed by atoms with Crippen molar-refractivity contribution in [2.24, 2.45) is 0 Å². The van der Waals surface area contributed by atoms with Crippen LogP contribution < -0.4 is 10.5 Å². The van der Waals surface area contributed by atoms with Crippen LogP contribution in [-0.2, 0) is 0 Å². The van der Waals surface area contributed by atoms with Gasteiger partial charge in [0.05, 0.1) is 5.02 Å². The minimum Gasteiger partial charge on any atom is -0.401 e. The highest BCUT2D eigenvalue weighted by Gasteiger charge is 2.20. The van der Waals surface area contributed by atoms with Gasteiger partial charge in [-0.2, -0.15) is 0 Å². The molecule has 0 spiro atoms. The Labute approximate surface area is 134 Å². The van der Waals surface area contributed by atoms with E-state index in [-0.39, 0.29) is 15.6 Å². The van der Waals surface area contributed by atoms with Gasteiger partial charge in [-0.1, -0.05) is 23.2 Å². The number of rotatable bonds is 3. The van der Waals surface area contributed by atoms with Gasteiger partial charge in [0.2, 0.25) is 0 Å². The lowest BCUT2D eigenvalue weighted by Gasteiger charge is -2.17. The summed E-state index contributed by atoms with van der Waals surface area (Å²) in [6.07, 6.45) is 0.805. The Morgan fingerprint density at radius 1 is 1.36 bits per heavy atom. The minimum atomic E-state index is -0.743. The van der Waals surface area contributed by atoms with Crippen molar-refractivity contribution in [2.45, 2.75) is 13.0 Å². The quantitative estimate of drug-likeness (QED) is 0.743. The third-order valence-corrected chi connectivity index (χ3v) is 3.88. The van der Waals surface area contributed by atoms with E-state index in [1.807, 2.05) is 0 Å². The second-order valence-electron chi connectivity index (χ2n) is 4.60. The second-order valence-corrected chi connectivity index (χ2v) is 5.39. The molecule has 0 amide bonds. The third-order valence-electron chi connectivity index (χ3n) is 3.16. The highest BCUT2D eigenvalue weighted by molar-refractivity contribution is 6.36. The lowest BCUT2D eigenvalue weighted by molar-refractivity contribution is 0.0492. The molecule has 0 saturated heterocycles. The molecule has 5 nitrogen and oxygen atoms in total. The Morgan fingerprint density at radius 2 is 2.14 bits per heavy atom. The van der Waals surface area contributed by atoms with E-state index in [0.29, 0.717) is 11.2 Å². The van der Waals surface area contributed by atoms with Gasteiger partial charge < -0.3 is 4.84 Å². The van der Waals surface area contributed by atoms with Crippen molar-refractivity contribution in [2.75, 3.05) is 0 Å². The predicted molar refractivity (Wildman–Crippen MR) is 81.8 cm³/mol. The van der Waals surface area contributed by atoms with Crippen LogP contribution in [0.2, 0.25) is 10.0 Å². The van der Waals surface area contributed by atoms with Crippen LogP contribution in [0, 0.1) is 5.82 Å². The van der Waals surface area contributed by atoms with Crippen molar-refractivity contribution in [3.8, 4) is 0 Å². The molecule has 2 heterocycles. The van der Waals surface area contributed by atoms with Crippen LogP contribution in [0.15, 0.2) is 35.3 Å². The number of hydrogen-bond acceptors (Lipinski definition) is 3. The summed E-state index contributed by atoms with van der Waals surface area (Å²) < 4.78 is 14.6. The summed E-state index contributed by atoms with van der Waals surface area (Å²) in [5.74, 6) is -0.607. The zero-order valence-electron chi connectivity index (χ0n) is 11.3. The maximum Gasteiger partial charge on any atom is 0.360 e. The Morgan fingerprint density at radius 3 is 2.91 bits per heavy atom. The van der Waals surface area contributed by atoms with Crippen molar-refractivity contribution < 1.29 is 9.23 Å². The number of pyridine rings is 1. The average Bonchev–Trinajstić information content (AvgIpc) is 2.80. The molecule has 0 aliphatic heterocycles. The van der Waals surface area contributed by atoms with E-state index in [1.165, 1.54) is 12.1 Å². The van der Waals surface area contributed by atoms with Crippen molar-refractivity contribution in [3.05, 3.63) is 62.4 Å². The van der Waals surface area contributed by atoms with Gasteiger partial charge in [0, 0.05) is 16.8 Å². The molecular formula is C14H10Cl2FN3O2. The van der Waals surface area contributed by atoms with E-state index in [0.717, 1.165) is 4.73 Å². The number of aromatic amines is 1. The van der Waals surface area contributed by atoms with Gasteiger partial charge >= 0.3 is 5.69 Å². The first-order valence-corrected chi connectivity index (χ1v) is 7.11. The summed E-state index contributed by atoms with van der Waals surface area (Å²) in [5, 5.41) is 0.121. The molecule has 0 radical (unpaired) electrons. The molecule has 2 aromatic heterocycles. The number of aromatic nitrogens is 3. The van der Waals surface area contributed by atoms with Crippen LogP contribution in [0.25, 0.3) is 11.2 Å². The number of H-pyrrole nitrogens is 1. The molecule has 1 atom stereocenters. The van der Waals surface area contributed by atoms with Gasteiger partial charge in [-0.15, -0.1) is 4.73 Å². The zero-order chi connectivity index (χ0) is 15.9. The monoisotopic (exact) mass is 341 g/mol. The fraction of sp³-hybridized carbons (Fsp3) is 0.143. The number of nitrogens with one attached hydrogen (secondary N) is 1. The van der Waals surface area contributed by atoms with Crippen LogP contribution >= 0.6 is 23.2 Å². The summed E-state index contributed by atoms with van der Waals surface area (Å²) >= 11 is 12.0. The molecule has 0 aliphatic rings.